The second-order valence-corrected chi connectivity index (χ2v) is 5.09. The summed E-state index contributed by atoms with van der Waals surface area (Å²) in [5.41, 5.74) is 0. The van der Waals surface area contributed by atoms with Gasteiger partial charge in [-0.2, -0.15) is 0 Å². The fourth-order valence-electron chi connectivity index (χ4n) is 2.65. The summed E-state index contributed by atoms with van der Waals surface area (Å²) < 4.78 is 0. The van der Waals surface area contributed by atoms with Gasteiger partial charge in [-0.15, -0.1) is 0 Å². The summed E-state index contributed by atoms with van der Waals surface area (Å²) in [5, 5.41) is 3.57. The lowest BCUT2D eigenvalue weighted by Gasteiger charge is -2.23. The van der Waals surface area contributed by atoms with Gasteiger partial charge in [0.2, 0.25) is 0 Å². The number of hydrogen-bond acceptors (Lipinski definition) is 3. The first-order valence-corrected chi connectivity index (χ1v) is 6.85. The molecule has 1 heterocycles. The van der Waals surface area contributed by atoms with Gasteiger partial charge in [0.25, 0.3) is 0 Å². The molecule has 2 rings (SSSR count). The Morgan fingerprint density at radius 2 is 1.82 bits per heavy atom. The standard InChI is InChI=1S/C14H23N3/c1-12(13-7-4-2-3-5-8-13)17-11-14-15-9-6-10-16-14/h6,9-10,12-13,17H,2-5,7-8,11H2,1H3/t12-/m1/s1. The summed E-state index contributed by atoms with van der Waals surface area (Å²) in [4.78, 5) is 8.48. The van der Waals surface area contributed by atoms with Crippen molar-refractivity contribution >= 4 is 0 Å². The van der Waals surface area contributed by atoms with E-state index in [0.29, 0.717) is 6.04 Å². The van der Waals surface area contributed by atoms with E-state index in [2.05, 4.69) is 22.2 Å². The van der Waals surface area contributed by atoms with E-state index in [-0.39, 0.29) is 0 Å². The minimum absolute atomic E-state index is 0.580. The molecule has 1 aliphatic carbocycles. The monoisotopic (exact) mass is 233 g/mol. The highest BCUT2D eigenvalue weighted by molar-refractivity contribution is 4.88. The zero-order valence-electron chi connectivity index (χ0n) is 10.7. The van der Waals surface area contributed by atoms with Crippen molar-refractivity contribution < 1.29 is 0 Å². The van der Waals surface area contributed by atoms with Crippen LogP contribution in [0.15, 0.2) is 18.5 Å². The Morgan fingerprint density at radius 3 is 2.47 bits per heavy atom. The lowest BCUT2D eigenvalue weighted by molar-refractivity contribution is 0.334. The molecule has 0 saturated heterocycles. The summed E-state index contributed by atoms with van der Waals surface area (Å²) in [6.07, 6.45) is 12.0. The summed E-state index contributed by atoms with van der Waals surface area (Å²) in [6, 6.07) is 2.44. The molecule has 17 heavy (non-hydrogen) atoms. The van der Waals surface area contributed by atoms with Crippen molar-refractivity contribution in [3.63, 3.8) is 0 Å². The molecule has 1 fully saturated rings. The predicted octanol–water partition coefficient (Wildman–Crippen LogP) is 2.93. The van der Waals surface area contributed by atoms with Crippen LogP contribution < -0.4 is 5.32 Å². The van der Waals surface area contributed by atoms with Crippen molar-refractivity contribution in [2.45, 2.75) is 58.0 Å². The average Bonchev–Trinajstić information content (AvgIpc) is 2.66. The Hall–Kier alpha value is -0.960. The maximum Gasteiger partial charge on any atom is 0.141 e. The number of hydrogen-bond donors (Lipinski definition) is 1. The Labute approximate surface area is 104 Å². The van der Waals surface area contributed by atoms with E-state index in [1.54, 1.807) is 12.4 Å². The van der Waals surface area contributed by atoms with Crippen molar-refractivity contribution in [1.29, 1.82) is 0 Å². The maximum atomic E-state index is 4.24. The molecule has 1 aliphatic rings. The fraction of sp³-hybridized carbons (Fsp3) is 0.714. The molecule has 1 aromatic heterocycles. The van der Waals surface area contributed by atoms with Crippen LogP contribution in [0.3, 0.4) is 0 Å². The molecule has 0 aromatic carbocycles. The number of aromatic nitrogens is 2. The van der Waals surface area contributed by atoms with Crippen LogP contribution >= 0.6 is 0 Å². The second kappa shape index (κ2) is 6.70. The van der Waals surface area contributed by atoms with Gasteiger partial charge < -0.3 is 5.32 Å². The zero-order chi connectivity index (χ0) is 11.9. The summed E-state index contributed by atoms with van der Waals surface area (Å²) in [7, 11) is 0. The number of nitrogens with one attached hydrogen (secondary N) is 1. The van der Waals surface area contributed by atoms with Gasteiger partial charge in [0.05, 0.1) is 6.54 Å². The maximum absolute atomic E-state index is 4.24. The highest BCUT2D eigenvalue weighted by atomic mass is 15.0. The zero-order valence-corrected chi connectivity index (χ0v) is 10.7. The van der Waals surface area contributed by atoms with E-state index >= 15 is 0 Å². The first-order valence-electron chi connectivity index (χ1n) is 6.85. The molecular weight excluding hydrogens is 210 g/mol. The average molecular weight is 233 g/mol. The van der Waals surface area contributed by atoms with Crippen LogP contribution in [-0.4, -0.2) is 16.0 Å². The molecule has 1 aromatic rings. The highest BCUT2D eigenvalue weighted by Gasteiger charge is 2.18. The molecule has 3 nitrogen and oxygen atoms in total. The Kier molecular flexibility index (Phi) is 4.92. The summed E-state index contributed by atoms with van der Waals surface area (Å²) in [6.45, 7) is 3.09. The molecule has 3 heteroatoms. The van der Waals surface area contributed by atoms with Crippen molar-refractivity contribution in [2.24, 2.45) is 5.92 Å². The minimum atomic E-state index is 0.580. The third-order valence-corrected chi connectivity index (χ3v) is 3.81. The first kappa shape index (κ1) is 12.5. The summed E-state index contributed by atoms with van der Waals surface area (Å²) in [5.74, 6) is 1.73. The van der Waals surface area contributed by atoms with Gasteiger partial charge >= 0.3 is 0 Å². The van der Waals surface area contributed by atoms with E-state index in [4.69, 9.17) is 0 Å². The van der Waals surface area contributed by atoms with Gasteiger partial charge in [-0.3, -0.25) is 0 Å². The van der Waals surface area contributed by atoms with Crippen molar-refractivity contribution in [3.05, 3.63) is 24.3 Å². The molecule has 94 valence electrons. The van der Waals surface area contributed by atoms with Crippen LogP contribution in [-0.2, 0) is 6.54 Å². The molecule has 0 radical (unpaired) electrons. The highest BCUT2D eigenvalue weighted by Crippen LogP contribution is 2.25. The third kappa shape index (κ3) is 4.08. The Bertz CT molecular complexity index is 305. The van der Waals surface area contributed by atoms with E-state index in [9.17, 15) is 0 Å². The van der Waals surface area contributed by atoms with Crippen LogP contribution in [0.2, 0.25) is 0 Å². The number of rotatable bonds is 4. The molecule has 0 unspecified atom stereocenters. The van der Waals surface area contributed by atoms with Gasteiger partial charge in [-0.25, -0.2) is 9.97 Å². The predicted molar refractivity (Wildman–Crippen MR) is 69.5 cm³/mol. The van der Waals surface area contributed by atoms with Gasteiger partial charge in [0.15, 0.2) is 0 Å². The second-order valence-electron chi connectivity index (χ2n) is 5.09. The van der Waals surface area contributed by atoms with Crippen molar-refractivity contribution in [2.75, 3.05) is 0 Å². The molecule has 0 amide bonds. The van der Waals surface area contributed by atoms with Crippen LogP contribution in [0, 0.1) is 5.92 Å². The lowest BCUT2D eigenvalue weighted by atomic mass is 9.93. The molecule has 0 bridgehead atoms. The molecule has 1 atom stereocenters. The Balaban J connectivity index is 1.78. The molecule has 0 spiro atoms. The number of nitrogens with zero attached hydrogens (tertiary/aromatic N) is 2. The third-order valence-electron chi connectivity index (χ3n) is 3.81. The van der Waals surface area contributed by atoms with E-state index < -0.39 is 0 Å². The minimum Gasteiger partial charge on any atom is -0.307 e. The van der Waals surface area contributed by atoms with E-state index in [0.717, 1.165) is 18.3 Å². The van der Waals surface area contributed by atoms with Crippen LogP contribution in [0.4, 0.5) is 0 Å². The molecule has 1 N–H and O–H groups in total. The quantitative estimate of drug-likeness (QED) is 0.813. The summed E-state index contributed by atoms with van der Waals surface area (Å²) >= 11 is 0. The molecule has 0 aliphatic heterocycles. The van der Waals surface area contributed by atoms with Crippen molar-refractivity contribution in [1.82, 2.24) is 15.3 Å². The topological polar surface area (TPSA) is 37.8 Å². The Morgan fingerprint density at radius 1 is 1.18 bits per heavy atom. The van der Waals surface area contributed by atoms with E-state index in [1.807, 2.05) is 6.07 Å². The van der Waals surface area contributed by atoms with Gasteiger partial charge in [0, 0.05) is 18.4 Å². The molecular formula is C14H23N3. The van der Waals surface area contributed by atoms with Gasteiger partial charge in [0.1, 0.15) is 5.82 Å². The van der Waals surface area contributed by atoms with Crippen LogP contribution in [0.25, 0.3) is 0 Å². The SMILES string of the molecule is C[C@@H](NCc1ncccn1)C1CCCCCC1. The normalized spacial score (nSPS) is 19.8. The fourth-order valence-corrected chi connectivity index (χ4v) is 2.65. The molecule has 1 saturated carbocycles. The van der Waals surface area contributed by atoms with E-state index in [1.165, 1.54) is 38.5 Å². The van der Waals surface area contributed by atoms with Gasteiger partial charge in [-0.05, 0) is 31.7 Å². The lowest BCUT2D eigenvalue weighted by Crippen LogP contribution is -2.33. The van der Waals surface area contributed by atoms with Crippen LogP contribution in [0.1, 0.15) is 51.3 Å². The smallest absolute Gasteiger partial charge is 0.141 e. The first-order chi connectivity index (χ1) is 8.36. The van der Waals surface area contributed by atoms with Crippen molar-refractivity contribution in [3.8, 4) is 0 Å². The van der Waals surface area contributed by atoms with Gasteiger partial charge in [-0.1, -0.05) is 25.7 Å². The largest absolute Gasteiger partial charge is 0.307 e. The van der Waals surface area contributed by atoms with Crippen LogP contribution in [0.5, 0.6) is 0 Å².